The van der Waals surface area contributed by atoms with E-state index < -0.39 is 11.9 Å². The van der Waals surface area contributed by atoms with Gasteiger partial charge in [0.25, 0.3) is 0 Å². The average Bonchev–Trinajstić information content (AvgIpc) is 2.70. The van der Waals surface area contributed by atoms with Crippen LogP contribution in [0.15, 0.2) is 45.2 Å². The van der Waals surface area contributed by atoms with Crippen molar-refractivity contribution in [1.82, 2.24) is 5.32 Å². The first kappa shape index (κ1) is 21.6. The van der Waals surface area contributed by atoms with Crippen molar-refractivity contribution < 1.29 is 23.8 Å². The van der Waals surface area contributed by atoms with Crippen molar-refractivity contribution in [3.05, 3.63) is 50.8 Å². The summed E-state index contributed by atoms with van der Waals surface area (Å²) >= 11 is 3.52. The van der Waals surface area contributed by atoms with Crippen LogP contribution in [-0.4, -0.2) is 38.7 Å². The third-order valence-electron chi connectivity index (χ3n) is 5.17. The van der Waals surface area contributed by atoms with Gasteiger partial charge in [-0.25, -0.2) is 4.79 Å². The first-order valence-electron chi connectivity index (χ1n) is 9.80. The number of benzene rings is 1. The molecule has 0 aromatic heterocycles. The molecule has 0 unspecified atom stereocenters. The average molecular weight is 464 g/mol. The quantitative estimate of drug-likeness (QED) is 0.486. The Bertz CT molecular complexity index is 874. The first-order valence-corrected chi connectivity index (χ1v) is 10.6. The Morgan fingerprint density at radius 2 is 2.07 bits per heavy atom. The zero-order valence-corrected chi connectivity index (χ0v) is 18.6. The molecule has 1 aliphatic carbocycles. The number of carbonyl (C=O) groups is 2. The van der Waals surface area contributed by atoms with Crippen LogP contribution in [0.2, 0.25) is 0 Å². The van der Waals surface area contributed by atoms with Crippen molar-refractivity contribution in [1.29, 1.82) is 0 Å². The number of nitrogens with one attached hydrogen (secondary N) is 1. The van der Waals surface area contributed by atoms with Crippen molar-refractivity contribution >= 4 is 27.7 Å². The summed E-state index contributed by atoms with van der Waals surface area (Å²) in [4.78, 5) is 25.9. The van der Waals surface area contributed by atoms with Crippen molar-refractivity contribution in [3.8, 4) is 5.75 Å². The molecule has 0 fully saturated rings. The van der Waals surface area contributed by atoms with Gasteiger partial charge in [0.1, 0.15) is 12.4 Å². The second kappa shape index (κ2) is 9.59. The molecule has 0 spiro atoms. The van der Waals surface area contributed by atoms with Crippen molar-refractivity contribution in [2.24, 2.45) is 0 Å². The van der Waals surface area contributed by atoms with Crippen molar-refractivity contribution in [2.45, 2.75) is 39.0 Å². The molecule has 2 aliphatic rings. The van der Waals surface area contributed by atoms with Crippen LogP contribution in [0.5, 0.6) is 5.75 Å². The number of ether oxygens (including phenoxy) is 3. The molecule has 1 heterocycles. The highest BCUT2D eigenvalue weighted by atomic mass is 79.9. The molecule has 1 atom stereocenters. The fourth-order valence-electron chi connectivity index (χ4n) is 3.86. The zero-order chi connectivity index (χ0) is 21.0. The highest BCUT2D eigenvalue weighted by molar-refractivity contribution is 9.10. The Labute approximate surface area is 179 Å². The minimum absolute atomic E-state index is 0.0720. The van der Waals surface area contributed by atoms with Crippen LogP contribution in [0.3, 0.4) is 0 Å². The van der Waals surface area contributed by atoms with Crippen molar-refractivity contribution in [2.75, 3.05) is 26.9 Å². The van der Waals surface area contributed by atoms with Gasteiger partial charge in [0, 0.05) is 35.9 Å². The van der Waals surface area contributed by atoms with Crippen LogP contribution in [0.4, 0.5) is 0 Å². The lowest BCUT2D eigenvalue weighted by molar-refractivity contribution is -0.140. The Kier molecular flexibility index (Phi) is 7.14. The van der Waals surface area contributed by atoms with Gasteiger partial charge in [-0.1, -0.05) is 6.07 Å². The van der Waals surface area contributed by atoms with Crippen LogP contribution < -0.4 is 10.1 Å². The molecule has 6 nitrogen and oxygen atoms in total. The summed E-state index contributed by atoms with van der Waals surface area (Å²) in [5.74, 6) is -0.145. The number of dihydropyridines is 1. The van der Waals surface area contributed by atoms with E-state index in [-0.39, 0.29) is 12.4 Å². The Hall–Kier alpha value is -2.12. The Balaban J connectivity index is 2.02. The number of halogens is 1. The molecule has 0 amide bonds. The largest absolute Gasteiger partial charge is 0.496 e. The minimum Gasteiger partial charge on any atom is -0.496 e. The topological polar surface area (TPSA) is 73.9 Å². The van der Waals surface area contributed by atoms with E-state index in [9.17, 15) is 9.59 Å². The van der Waals surface area contributed by atoms with E-state index >= 15 is 0 Å². The number of Topliss-reactive ketones (excluding diaryl/α,β-unsaturated/α-hetero) is 1. The predicted octanol–water partition coefficient (Wildman–Crippen LogP) is 4.01. The van der Waals surface area contributed by atoms with Gasteiger partial charge in [0.15, 0.2) is 5.78 Å². The van der Waals surface area contributed by atoms with E-state index in [4.69, 9.17) is 14.2 Å². The van der Waals surface area contributed by atoms with Crippen LogP contribution >= 0.6 is 15.9 Å². The molecule has 29 heavy (non-hydrogen) atoms. The number of methoxy groups -OCH3 is 1. The predicted molar refractivity (Wildman–Crippen MR) is 113 cm³/mol. The van der Waals surface area contributed by atoms with Gasteiger partial charge in [-0.05, 0) is 60.3 Å². The molecule has 0 bridgehead atoms. The summed E-state index contributed by atoms with van der Waals surface area (Å²) in [7, 11) is 1.60. The number of rotatable bonds is 7. The molecule has 7 heteroatoms. The van der Waals surface area contributed by atoms with E-state index in [1.54, 1.807) is 7.11 Å². The molecule has 1 N–H and O–H groups in total. The molecule has 1 aromatic carbocycles. The summed E-state index contributed by atoms with van der Waals surface area (Å²) in [6.07, 6.45) is 2.09. The molecular weight excluding hydrogens is 438 g/mol. The summed E-state index contributed by atoms with van der Waals surface area (Å²) in [6, 6.07) is 5.64. The summed E-state index contributed by atoms with van der Waals surface area (Å²) < 4.78 is 16.8. The molecule has 1 aromatic rings. The smallest absolute Gasteiger partial charge is 0.336 e. The maximum absolute atomic E-state index is 13.0. The molecule has 156 valence electrons. The van der Waals surface area contributed by atoms with Gasteiger partial charge in [-0.3, -0.25) is 4.79 Å². The summed E-state index contributed by atoms with van der Waals surface area (Å²) in [6.45, 7) is 4.82. The van der Waals surface area contributed by atoms with E-state index in [1.165, 1.54) is 0 Å². The summed E-state index contributed by atoms with van der Waals surface area (Å²) in [5.41, 5.74) is 3.60. The Morgan fingerprint density at radius 1 is 1.28 bits per heavy atom. The molecule has 0 saturated heterocycles. The third kappa shape index (κ3) is 4.56. The maximum atomic E-state index is 13.0. The van der Waals surface area contributed by atoms with Gasteiger partial charge in [-0.2, -0.15) is 0 Å². The first-order chi connectivity index (χ1) is 14.0. The van der Waals surface area contributed by atoms with E-state index in [0.29, 0.717) is 36.5 Å². The lowest BCUT2D eigenvalue weighted by Gasteiger charge is -2.34. The SMILES string of the molecule is CCOCCOC(=O)C1=C(C)NC2=C(C(=O)CCC2)[C@@H]1c1ccc(OC)c(Br)c1. The molecule has 3 rings (SSSR count). The standard InChI is InChI=1S/C22H26BrNO5/c1-4-28-10-11-29-22(26)19-13(2)24-16-6-5-7-17(25)21(16)20(19)14-8-9-18(27-3)15(23)12-14/h8-9,12,20,24H,4-7,10-11H2,1-3H3/t20-/m1/s1. The van der Waals surface area contributed by atoms with E-state index in [2.05, 4.69) is 21.2 Å². The molecular formula is C22H26BrNO5. The third-order valence-corrected chi connectivity index (χ3v) is 5.79. The lowest BCUT2D eigenvalue weighted by atomic mass is 9.75. The fourth-order valence-corrected chi connectivity index (χ4v) is 4.42. The number of esters is 1. The van der Waals surface area contributed by atoms with Gasteiger partial charge in [0.2, 0.25) is 0 Å². The number of hydrogen-bond acceptors (Lipinski definition) is 6. The van der Waals surface area contributed by atoms with E-state index in [1.807, 2.05) is 32.0 Å². The Morgan fingerprint density at radius 3 is 2.76 bits per heavy atom. The van der Waals surface area contributed by atoms with Crippen LogP contribution in [0.1, 0.15) is 44.6 Å². The second-order valence-electron chi connectivity index (χ2n) is 6.99. The fraction of sp³-hybridized carbons (Fsp3) is 0.455. The molecule has 0 radical (unpaired) electrons. The normalized spacial score (nSPS) is 19.0. The van der Waals surface area contributed by atoms with Crippen molar-refractivity contribution in [3.63, 3.8) is 0 Å². The van der Waals surface area contributed by atoms with Gasteiger partial charge < -0.3 is 19.5 Å². The highest BCUT2D eigenvalue weighted by Gasteiger charge is 2.39. The van der Waals surface area contributed by atoms with Gasteiger partial charge in [0.05, 0.1) is 23.8 Å². The second-order valence-corrected chi connectivity index (χ2v) is 7.85. The number of allylic oxidation sites excluding steroid dienone is 3. The molecule has 1 aliphatic heterocycles. The minimum atomic E-state index is -0.471. The monoisotopic (exact) mass is 463 g/mol. The van der Waals surface area contributed by atoms with Gasteiger partial charge in [-0.15, -0.1) is 0 Å². The van der Waals surface area contributed by atoms with Gasteiger partial charge >= 0.3 is 5.97 Å². The van der Waals surface area contributed by atoms with Crippen LogP contribution in [0, 0.1) is 0 Å². The molecule has 0 saturated carbocycles. The maximum Gasteiger partial charge on any atom is 0.336 e. The van der Waals surface area contributed by atoms with Crippen LogP contribution in [-0.2, 0) is 19.1 Å². The number of ketones is 1. The highest BCUT2D eigenvalue weighted by Crippen LogP contribution is 2.43. The zero-order valence-electron chi connectivity index (χ0n) is 17.0. The number of carbonyl (C=O) groups excluding carboxylic acids is 2. The van der Waals surface area contributed by atoms with Crippen LogP contribution in [0.25, 0.3) is 0 Å². The lowest BCUT2D eigenvalue weighted by Crippen LogP contribution is -2.34. The summed E-state index contributed by atoms with van der Waals surface area (Å²) in [5, 5.41) is 3.29. The van der Waals surface area contributed by atoms with E-state index in [0.717, 1.165) is 34.3 Å². The number of hydrogen-bond donors (Lipinski definition) is 1.